The molecule has 8 heteroatoms. The predicted octanol–water partition coefficient (Wildman–Crippen LogP) is 3.30. The predicted molar refractivity (Wildman–Crippen MR) is 111 cm³/mol. The lowest BCUT2D eigenvalue weighted by Gasteiger charge is -2.38. The number of amides is 2. The normalized spacial score (nSPS) is 19.2. The van der Waals surface area contributed by atoms with Crippen LogP contribution in [0.3, 0.4) is 0 Å². The average molecular weight is 466 g/mol. The Morgan fingerprint density at radius 2 is 1.79 bits per heavy atom. The van der Waals surface area contributed by atoms with Crippen molar-refractivity contribution in [3.63, 3.8) is 0 Å². The first-order valence-corrected chi connectivity index (χ1v) is 11.3. The topological polar surface area (TPSA) is 57.0 Å². The van der Waals surface area contributed by atoms with Gasteiger partial charge in [-0.1, -0.05) is 0 Å². The van der Waals surface area contributed by atoms with Gasteiger partial charge in [-0.15, -0.1) is 11.3 Å². The molecular formula is C20H24BrN3O3S. The minimum atomic E-state index is -0.0790. The molecule has 2 fully saturated rings. The summed E-state index contributed by atoms with van der Waals surface area (Å²) in [5, 5.41) is 0. The smallest absolute Gasteiger partial charge is 0.289 e. The summed E-state index contributed by atoms with van der Waals surface area (Å²) in [6, 6.07) is 7.65. The van der Waals surface area contributed by atoms with Crippen molar-refractivity contribution in [1.82, 2.24) is 14.7 Å². The Morgan fingerprint density at radius 3 is 2.39 bits per heavy atom. The number of piperidine rings is 1. The maximum absolute atomic E-state index is 12.9. The zero-order chi connectivity index (χ0) is 19.5. The van der Waals surface area contributed by atoms with Crippen molar-refractivity contribution in [2.75, 3.05) is 39.3 Å². The zero-order valence-corrected chi connectivity index (χ0v) is 18.1. The molecule has 150 valence electrons. The van der Waals surface area contributed by atoms with Crippen LogP contribution in [0.2, 0.25) is 0 Å². The van der Waals surface area contributed by atoms with Crippen LogP contribution in [-0.4, -0.2) is 65.8 Å². The summed E-state index contributed by atoms with van der Waals surface area (Å²) >= 11 is 5.28. The lowest BCUT2D eigenvalue weighted by Crippen LogP contribution is -2.51. The van der Waals surface area contributed by atoms with Crippen LogP contribution in [-0.2, 0) is 11.3 Å². The van der Waals surface area contributed by atoms with Gasteiger partial charge in [0.2, 0.25) is 5.91 Å². The minimum absolute atomic E-state index is 0.0282. The van der Waals surface area contributed by atoms with Crippen molar-refractivity contribution in [3.8, 4) is 0 Å². The molecule has 0 atom stereocenters. The van der Waals surface area contributed by atoms with E-state index in [-0.39, 0.29) is 17.7 Å². The van der Waals surface area contributed by atoms with Crippen molar-refractivity contribution < 1.29 is 14.0 Å². The molecule has 28 heavy (non-hydrogen) atoms. The summed E-state index contributed by atoms with van der Waals surface area (Å²) in [6.07, 6.45) is 2.98. The van der Waals surface area contributed by atoms with Gasteiger partial charge in [0.05, 0.1) is 10.0 Å². The molecule has 0 bridgehead atoms. The summed E-state index contributed by atoms with van der Waals surface area (Å²) in [5.74, 6) is 0.576. The van der Waals surface area contributed by atoms with Crippen LogP contribution in [0.5, 0.6) is 0 Å². The van der Waals surface area contributed by atoms with Gasteiger partial charge in [0, 0.05) is 56.6 Å². The van der Waals surface area contributed by atoms with E-state index in [4.69, 9.17) is 4.42 Å². The zero-order valence-electron chi connectivity index (χ0n) is 15.7. The van der Waals surface area contributed by atoms with Gasteiger partial charge in [0.25, 0.3) is 5.91 Å². The number of carbonyl (C=O) groups excluding carboxylic acids is 2. The molecule has 2 amide bonds. The van der Waals surface area contributed by atoms with Crippen molar-refractivity contribution in [1.29, 1.82) is 0 Å². The number of thiophene rings is 1. The number of furan rings is 1. The van der Waals surface area contributed by atoms with E-state index in [9.17, 15) is 9.59 Å². The van der Waals surface area contributed by atoms with E-state index < -0.39 is 0 Å². The lowest BCUT2D eigenvalue weighted by atomic mass is 9.94. The molecule has 2 aliphatic heterocycles. The summed E-state index contributed by atoms with van der Waals surface area (Å²) in [4.78, 5) is 32.8. The second-order valence-corrected chi connectivity index (χ2v) is 9.90. The molecule has 4 rings (SSSR count). The van der Waals surface area contributed by atoms with E-state index in [0.717, 1.165) is 49.4 Å². The molecule has 0 unspecified atom stereocenters. The van der Waals surface area contributed by atoms with Gasteiger partial charge in [-0.25, -0.2) is 0 Å². The number of carbonyl (C=O) groups is 2. The van der Waals surface area contributed by atoms with Gasteiger partial charge in [-0.05, 0) is 53.0 Å². The first-order valence-electron chi connectivity index (χ1n) is 9.68. The van der Waals surface area contributed by atoms with Crippen molar-refractivity contribution in [3.05, 3.63) is 45.0 Å². The summed E-state index contributed by atoms with van der Waals surface area (Å²) in [5.41, 5.74) is 0. The number of rotatable bonds is 4. The minimum Gasteiger partial charge on any atom is -0.459 e. The Morgan fingerprint density at radius 1 is 1.04 bits per heavy atom. The highest BCUT2D eigenvalue weighted by atomic mass is 79.9. The monoisotopic (exact) mass is 465 g/mol. The summed E-state index contributed by atoms with van der Waals surface area (Å²) < 4.78 is 6.36. The molecule has 2 saturated heterocycles. The van der Waals surface area contributed by atoms with Crippen LogP contribution in [0.1, 0.15) is 28.3 Å². The van der Waals surface area contributed by atoms with E-state index in [1.165, 1.54) is 11.1 Å². The lowest BCUT2D eigenvalue weighted by molar-refractivity contribution is -0.138. The Kier molecular flexibility index (Phi) is 6.18. The summed E-state index contributed by atoms with van der Waals surface area (Å²) in [7, 11) is 0. The molecular weight excluding hydrogens is 442 g/mol. The average Bonchev–Trinajstić information content (AvgIpc) is 3.40. The Bertz CT molecular complexity index is 807. The largest absolute Gasteiger partial charge is 0.459 e. The third kappa shape index (κ3) is 4.50. The molecule has 0 aliphatic carbocycles. The van der Waals surface area contributed by atoms with Gasteiger partial charge in [-0.3, -0.25) is 14.5 Å². The van der Waals surface area contributed by atoms with Gasteiger partial charge in [-0.2, -0.15) is 0 Å². The van der Waals surface area contributed by atoms with Crippen molar-refractivity contribution >= 4 is 39.1 Å². The molecule has 0 N–H and O–H groups in total. The number of piperazine rings is 1. The Labute approximate surface area is 177 Å². The van der Waals surface area contributed by atoms with Crippen LogP contribution >= 0.6 is 27.3 Å². The molecule has 2 aromatic rings. The Balaban J connectivity index is 1.23. The standard InChI is InChI=1S/C20H24BrN3O3S/c21-18-4-3-16(28-18)14-22-9-11-24(12-10-22)19(25)15-5-7-23(8-6-15)20(26)17-2-1-13-27-17/h1-4,13,15H,5-12,14H2. The number of nitrogens with zero attached hydrogens (tertiary/aromatic N) is 3. The quantitative estimate of drug-likeness (QED) is 0.694. The molecule has 2 aliphatic rings. The third-order valence-electron chi connectivity index (χ3n) is 5.56. The number of hydrogen-bond acceptors (Lipinski definition) is 5. The number of hydrogen-bond donors (Lipinski definition) is 0. The van der Waals surface area contributed by atoms with Crippen LogP contribution in [0.4, 0.5) is 0 Å². The van der Waals surface area contributed by atoms with E-state index in [1.807, 2.05) is 4.90 Å². The first kappa shape index (κ1) is 19.7. The van der Waals surface area contributed by atoms with E-state index >= 15 is 0 Å². The SMILES string of the molecule is O=C(c1ccco1)N1CCC(C(=O)N2CCN(Cc3ccc(Br)s3)CC2)CC1. The van der Waals surface area contributed by atoms with Crippen molar-refractivity contribution in [2.45, 2.75) is 19.4 Å². The second-order valence-electron chi connectivity index (χ2n) is 7.35. The maximum Gasteiger partial charge on any atom is 0.289 e. The van der Waals surface area contributed by atoms with Crippen LogP contribution in [0.25, 0.3) is 0 Å². The van der Waals surface area contributed by atoms with Crippen LogP contribution < -0.4 is 0 Å². The highest BCUT2D eigenvalue weighted by molar-refractivity contribution is 9.11. The fraction of sp³-hybridized carbons (Fsp3) is 0.500. The Hall–Kier alpha value is -1.64. The highest BCUT2D eigenvalue weighted by Crippen LogP contribution is 2.25. The molecule has 0 aromatic carbocycles. The van der Waals surface area contributed by atoms with Gasteiger partial charge in [0.15, 0.2) is 5.76 Å². The van der Waals surface area contributed by atoms with Gasteiger partial charge < -0.3 is 14.2 Å². The second kappa shape index (κ2) is 8.80. The highest BCUT2D eigenvalue weighted by Gasteiger charge is 2.32. The molecule has 6 nitrogen and oxygen atoms in total. The molecule has 0 radical (unpaired) electrons. The van der Waals surface area contributed by atoms with Crippen LogP contribution in [0, 0.1) is 5.92 Å². The van der Waals surface area contributed by atoms with E-state index in [2.05, 4.69) is 33.0 Å². The summed E-state index contributed by atoms with van der Waals surface area (Å²) in [6.45, 7) is 5.58. The van der Waals surface area contributed by atoms with E-state index in [0.29, 0.717) is 18.8 Å². The molecule has 4 heterocycles. The molecule has 0 saturated carbocycles. The maximum atomic E-state index is 12.9. The van der Waals surface area contributed by atoms with Gasteiger partial charge >= 0.3 is 0 Å². The number of likely N-dealkylation sites (tertiary alicyclic amines) is 1. The fourth-order valence-electron chi connectivity index (χ4n) is 3.93. The van der Waals surface area contributed by atoms with Crippen LogP contribution in [0.15, 0.2) is 38.7 Å². The molecule has 0 spiro atoms. The fourth-order valence-corrected chi connectivity index (χ4v) is 5.45. The molecule has 2 aromatic heterocycles. The van der Waals surface area contributed by atoms with Gasteiger partial charge in [0.1, 0.15) is 0 Å². The number of halogens is 1. The first-order chi connectivity index (χ1) is 13.6. The third-order valence-corrected chi connectivity index (χ3v) is 7.16. The van der Waals surface area contributed by atoms with E-state index in [1.54, 1.807) is 28.4 Å². The van der Waals surface area contributed by atoms with Crippen molar-refractivity contribution in [2.24, 2.45) is 5.92 Å².